The van der Waals surface area contributed by atoms with Gasteiger partial charge < -0.3 is 4.90 Å². The van der Waals surface area contributed by atoms with E-state index in [9.17, 15) is 9.59 Å². The number of H-pyrrole nitrogens is 1. The first kappa shape index (κ1) is 17.8. The lowest BCUT2D eigenvalue weighted by molar-refractivity contribution is -0.915. The molecule has 2 aromatic carbocycles. The van der Waals surface area contributed by atoms with Gasteiger partial charge in [-0.1, -0.05) is 42.5 Å². The first-order valence-electron chi connectivity index (χ1n) is 10.1. The van der Waals surface area contributed by atoms with Crippen molar-refractivity contribution in [1.82, 2.24) is 0 Å². The molecule has 0 spiro atoms. The SMILES string of the molecule is O=C1C[C@@H]([NH+]2CCN(c3cccc[nH+]3)CC2)C(=O)N1c1cccc2ccccc12. The third-order valence-electron chi connectivity index (χ3n) is 6.09. The molecule has 3 aromatic rings. The fourth-order valence-electron chi connectivity index (χ4n) is 4.57. The maximum absolute atomic E-state index is 13.3. The molecule has 2 N–H and O–H groups in total. The number of fused-ring (bicyclic) bond motifs is 1. The van der Waals surface area contributed by atoms with Crippen LogP contribution in [-0.2, 0) is 9.59 Å². The molecule has 1 aromatic heterocycles. The summed E-state index contributed by atoms with van der Waals surface area (Å²) in [5.74, 6) is 0.932. The number of carbonyl (C=O) groups excluding carboxylic acids is 2. The Bertz CT molecular complexity index is 1060. The van der Waals surface area contributed by atoms with Crippen molar-refractivity contribution in [3.05, 3.63) is 66.9 Å². The predicted octanol–water partition coefficient (Wildman–Crippen LogP) is 0.691. The van der Waals surface area contributed by atoms with Crippen LogP contribution in [0.25, 0.3) is 10.8 Å². The predicted molar refractivity (Wildman–Crippen MR) is 111 cm³/mol. The number of piperazine rings is 1. The largest absolute Gasteiger partial charge is 0.318 e. The molecule has 0 bridgehead atoms. The van der Waals surface area contributed by atoms with Crippen molar-refractivity contribution >= 4 is 34.1 Å². The molecule has 0 unspecified atom stereocenters. The first-order chi connectivity index (χ1) is 14.2. The van der Waals surface area contributed by atoms with E-state index in [1.165, 1.54) is 9.80 Å². The average Bonchev–Trinajstić information content (AvgIpc) is 3.08. The molecule has 6 heteroatoms. The molecule has 2 fully saturated rings. The number of carbonyl (C=O) groups is 2. The van der Waals surface area contributed by atoms with Gasteiger partial charge in [0.1, 0.15) is 26.2 Å². The zero-order valence-electron chi connectivity index (χ0n) is 16.2. The summed E-state index contributed by atoms with van der Waals surface area (Å²) in [7, 11) is 0. The molecule has 29 heavy (non-hydrogen) atoms. The minimum atomic E-state index is -0.289. The van der Waals surface area contributed by atoms with Gasteiger partial charge >= 0.3 is 0 Å². The Balaban J connectivity index is 1.35. The fourth-order valence-corrected chi connectivity index (χ4v) is 4.57. The number of amides is 2. The number of benzene rings is 2. The van der Waals surface area contributed by atoms with Gasteiger partial charge in [0, 0.05) is 11.5 Å². The van der Waals surface area contributed by atoms with Crippen molar-refractivity contribution in [1.29, 1.82) is 0 Å². The van der Waals surface area contributed by atoms with Gasteiger partial charge in [-0.05, 0) is 17.5 Å². The van der Waals surface area contributed by atoms with Gasteiger partial charge in [-0.3, -0.25) is 14.5 Å². The second-order valence-corrected chi connectivity index (χ2v) is 7.72. The molecular weight excluding hydrogens is 364 g/mol. The highest BCUT2D eigenvalue weighted by Crippen LogP contribution is 2.30. The summed E-state index contributed by atoms with van der Waals surface area (Å²) < 4.78 is 0. The standard InChI is InChI=1S/C23H22N4O2/c28-22-16-20(25-12-14-26(15-13-25)21-10-3-4-11-24-21)23(29)27(22)19-9-5-7-17-6-1-2-8-18(17)19/h1-11,20H,12-16H2/p+2/t20-/m1/s1. The number of nitrogens with one attached hydrogen (secondary N) is 2. The molecule has 5 rings (SSSR count). The van der Waals surface area contributed by atoms with Crippen molar-refractivity contribution in [2.45, 2.75) is 12.5 Å². The molecule has 2 saturated heterocycles. The maximum Gasteiger partial charge on any atom is 0.292 e. The van der Waals surface area contributed by atoms with Gasteiger partial charge in [-0.25, -0.2) is 9.88 Å². The van der Waals surface area contributed by atoms with Crippen LogP contribution in [0.2, 0.25) is 0 Å². The maximum atomic E-state index is 13.3. The summed E-state index contributed by atoms with van der Waals surface area (Å²) >= 11 is 0. The molecule has 2 amide bonds. The molecular formula is C23H24N4O2+2. The van der Waals surface area contributed by atoms with E-state index in [0.717, 1.165) is 42.8 Å². The van der Waals surface area contributed by atoms with E-state index in [1.807, 2.05) is 60.8 Å². The van der Waals surface area contributed by atoms with Crippen LogP contribution in [0, 0.1) is 0 Å². The Labute approximate surface area is 169 Å². The summed E-state index contributed by atoms with van der Waals surface area (Å²) in [6.07, 6.45) is 2.21. The molecule has 3 heterocycles. The second-order valence-electron chi connectivity index (χ2n) is 7.72. The number of imide groups is 1. The fraction of sp³-hybridized carbons (Fsp3) is 0.261. The van der Waals surface area contributed by atoms with Crippen LogP contribution >= 0.6 is 0 Å². The zero-order valence-corrected chi connectivity index (χ0v) is 16.2. The van der Waals surface area contributed by atoms with Crippen molar-refractivity contribution in [3.8, 4) is 0 Å². The second kappa shape index (κ2) is 7.29. The smallest absolute Gasteiger partial charge is 0.292 e. The molecule has 2 aliphatic heterocycles. The van der Waals surface area contributed by atoms with Crippen LogP contribution < -0.4 is 19.7 Å². The van der Waals surface area contributed by atoms with Crippen LogP contribution in [0.1, 0.15) is 6.42 Å². The Morgan fingerprint density at radius 2 is 1.66 bits per heavy atom. The van der Waals surface area contributed by atoms with Gasteiger partial charge in [0.2, 0.25) is 5.91 Å². The number of aromatic amines is 1. The van der Waals surface area contributed by atoms with Gasteiger partial charge in [0.25, 0.3) is 11.7 Å². The molecule has 2 aliphatic rings. The van der Waals surface area contributed by atoms with Crippen LogP contribution in [0.3, 0.4) is 0 Å². The minimum Gasteiger partial charge on any atom is -0.318 e. The van der Waals surface area contributed by atoms with E-state index in [2.05, 4.69) is 16.0 Å². The Hall–Kier alpha value is -3.25. The van der Waals surface area contributed by atoms with Gasteiger partial charge in [0.15, 0.2) is 6.04 Å². The third kappa shape index (κ3) is 3.15. The number of hydrogen-bond donors (Lipinski definition) is 1. The van der Waals surface area contributed by atoms with Crippen molar-refractivity contribution in [2.75, 3.05) is 36.0 Å². The average molecular weight is 388 g/mol. The van der Waals surface area contributed by atoms with E-state index < -0.39 is 0 Å². The van der Waals surface area contributed by atoms with Crippen LogP contribution in [0.5, 0.6) is 0 Å². The van der Waals surface area contributed by atoms with Crippen LogP contribution in [0.15, 0.2) is 66.9 Å². The van der Waals surface area contributed by atoms with Crippen molar-refractivity contribution < 1.29 is 19.5 Å². The monoisotopic (exact) mass is 388 g/mol. The highest BCUT2D eigenvalue weighted by atomic mass is 16.2. The Morgan fingerprint density at radius 1 is 0.897 bits per heavy atom. The molecule has 146 valence electrons. The summed E-state index contributed by atoms with van der Waals surface area (Å²) in [6, 6.07) is 19.4. The summed E-state index contributed by atoms with van der Waals surface area (Å²) in [5.41, 5.74) is 0.706. The number of nitrogens with zero attached hydrogens (tertiary/aromatic N) is 2. The molecule has 6 nitrogen and oxygen atoms in total. The van der Waals surface area contributed by atoms with Crippen LogP contribution in [0.4, 0.5) is 11.5 Å². The van der Waals surface area contributed by atoms with Crippen molar-refractivity contribution in [2.24, 2.45) is 0 Å². The first-order valence-corrected chi connectivity index (χ1v) is 10.1. The lowest BCUT2D eigenvalue weighted by atomic mass is 10.1. The molecule has 0 saturated carbocycles. The van der Waals surface area contributed by atoms with Gasteiger partial charge in [-0.2, -0.15) is 0 Å². The molecule has 0 aliphatic carbocycles. The van der Waals surface area contributed by atoms with E-state index in [1.54, 1.807) is 0 Å². The number of anilines is 2. The number of pyridine rings is 1. The van der Waals surface area contributed by atoms with Crippen LogP contribution in [-0.4, -0.2) is 44.0 Å². The number of hydrogen-bond acceptors (Lipinski definition) is 3. The van der Waals surface area contributed by atoms with Gasteiger partial charge in [-0.15, -0.1) is 0 Å². The summed E-state index contributed by atoms with van der Waals surface area (Å²) in [5, 5.41) is 1.98. The minimum absolute atomic E-state index is 0.0684. The lowest BCUT2D eigenvalue weighted by Gasteiger charge is -2.31. The van der Waals surface area contributed by atoms with E-state index in [0.29, 0.717) is 5.69 Å². The highest BCUT2D eigenvalue weighted by Gasteiger charge is 2.47. The number of aromatic nitrogens is 1. The third-order valence-corrected chi connectivity index (χ3v) is 6.09. The number of quaternary nitrogens is 1. The molecule has 0 radical (unpaired) electrons. The number of rotatable bonds is 3. The van der Waals surface area contributed by atoms with Gasteiger partial charge in [0.05, 0.1) is 18.3 Å². The van der Waals surface area contributed by atoms with E-state index in [-0.39, 0.29) is 24.3 Å². The zero-order chi connectivity index (χ0) is 19.8. The van der Waals surface area contributed by atoms with E-state index in [4.69, 9.17) is 0 Å². The Morgan fingerprint density at radius 3 is 2.45 bits per heavy atom. The summed E-state index contributed by atoms with van der Waals surface area (Å²) in [6.45, 7) is 3.41. The van der Waals surface area contributed by atoms with Crippen molar-refractivity contribution in [3.63, 3.8) is 0 Å². The quantitative estimate of drug-likeness (QED) is 0.672. The summed E-state index contributed by atoms with van der Waals surface area (Å²) in [4.78, 5) is 34.3. The Kier molecular flexibility index (Phi) is 4.48. The normalized spacial score (nSPS) is 20.6. The van der Waals surface area contributed by atoms with E-state index >= 15 is 0 Å². The molecule has 1 atom stereocenters. The lowest BCUT2D eigenvalue weighted by Crippen LogP contribution is -3.19. The highest BCUT2D eigenvalue weighted by molar-refractivity contribution is 6.24. The topological polar surface area (TPSA) is 59.2 Å².